The van der Waals surface area contributed by atoms with Crippen LogP contribution in [-0.4, -0.2) is 42.4 Å². The minimum absolute atomic E-state index is 0.0401. The molecule has 0 aliphatic heterocycles. The summed E-state index contributed by atoms with van der Waals surface area (Å²) in [7, 11) is 2.75. The highest BCUT2D eigenvalue weighted by atomic mass is 16.6. The Kier molecular flexibility index (Phi) is 5.19. The van der Waals surface area contributed by atoms with Crippen LogP contribution in [0.5, 0.6) is 0 Å². The van der Waals surface area contributed by atoms with Gasteiger partial charge in [0.2, 0.25) is 0 Å². The Morgan fingerprint density at radius 1 is 1.40 bits per heavy atom. The number of aryl methyl sites for hydroxylation is 1. The number of esters is 1. The van der Waals surface area contributed by atoms with Crippen molar-refractivity contribution in [1.82, 2.24) is 4.90 Å². The molecule has 7 heteroatoms. The first kappa shape index (κ1) is 15.6. The lowest BCUT2D eigenvalue weighted by molar-refractivity contribution is -0.385. The molecule has 108 valence electrons. The third-order valence-corrected chi connectivity index (χ3v) is 2.89. The van der Waals surface area contributed by atoms with Crippen molar-refractivity contribution in [2.45, 2.75) is 13.3 Å². The number of amides is 1. The molecule has 0 fully saturated rings. The zero-order chi connectivity index (χ0) is 15.3. The number of benzene rings is 1. The first-order chi connectivity index (χ1) is 9.38. The van der Waals surface area contributed by atoms with E-state index in [1.54, 1.807) is 13.0 Å². The minimum atomic E-state index is -0.589. The molecule has 0 atom stereocenters. The molecule has 0 aliphatic carbocycles. The van der Waals surface area contributed by atoms with E-state index in [0.29, 0.717) is 5.56 Å². The molecule has 0 saturated heterocycles. The number of carbonyl (C=O) groups is 2. The van der Waals surface area contributed by atoms with Gasteiger partial charge in [-0.1, -0.05) is 12.1 Å². The van der Waals surface area contributed by atoms with Gasteiger partial charge in [-0.15, -0.1) is 0 Å². The number of methoxy groups -OCH3 is 1. The maximum Gasteiger partial charge on any atom is 0.307 e. The molecule has 0 spiro atoms. The van der Waals surface area contributed by atoms with E-state index in [1.165, 1.54) is 31.2 Å². The number of nitro groups is 1. The maximum absolute atomic E-state index is 12.3. The second-order valence-electron chi connectivity index (χ2n) is 4.28. The average molecular weight is 280 g/mol. The summed E-state index contributed by atoms with van der Waals surface area (Å²) in [6.45, 7) is 1.77. The summed E-state index contributed by atoms with van der Waals surface area (Å²) in [6, 6.07) is 4.45. The molecule has 7 nitrogen and oxygen atoms in total. The van der Waals surface area contributed by atoms with Crippen LogP contribution in [0.4, 0.5) is 5.69 Å². The van der Waals surface area contributed by atoms with Crippen LogP contribution >= 0.6 is 0 Å². The molecule has 0 aliphatic rings. The molecule has 0 heterocycles. The van der Waals surface area contributed by atoms with Gasteiger partial charge < -0.3 is 9.64 Å². The fourth-order valence-corrected chi connectivity index (χ4v) is 1.74. The summed E-state index contributed by atoms with van der Waals surface area (Å²) >= 11 is 0. The topological polar surface area (TPSA) is 89.8 Å². The normalized spacial score (nSPS) is 9.95. The molecule has 0 N–H and O–H groups in total. The fraction of sp³-hybridized carbons (Fsp3) is 0.385. The smallest absolute Gasteiger partial charge is 0.307 e. The maximum atomic E-state index is 12.3. The number of hydrogen-bond acceptors (Lipinski definition) is 5. The number of ether oxygens (including phenoxy) is 1. The number of nitrogens with zero attached hydrogens (tertiary/aromatic N) is 2. The minimum Gasteiger partial charge on any atom is -0.469 e. The van der Waals surface area contributed by atoms with Crippen molar-refractivity contribution in [1.29, 1.82) is 0 Å². The summed E-state index contributed by atoms with van der Waals surface area (Å²) in [5, 5.41) is 11.0. The summed E-state index contributed by atoms with van der Waals surface area (Å²) in [5.74, 6) is -0.928. The molecular formula is C13H16N2O5. The summed E-state index contributed by atoms with van der Waals surface area (Å²) in [5.41, 5.74) is 0.332. The van der Waals surface area contributed by atoms with E-state index in [4.69, 9.17) is 0 Å². The molecule has 1 aromatic carbocycles. The zero-order valence-corrected chi connectivity index (χ0v) is 11.6. The van der Waals surface area contributed by atoms with Crippen molar-refractivity contribution >= 4 is 17.6 Å². The molecule has 0 saturated carbocycles. The predicted molar refractivity (Wildman–Crippen MR) is 71.4 cm³/mol. The van der Waals surface area contributed by atoms with Gasteiger partial charge in [0.1, 0.15) is 5.56 Å². The lowest BCUT2D eigenvalue weighted by atomic mass is 10.1. The first-order valence-corrected chi connectivity index (χ1v) is 5.94. The van der Waals surface area contributed by atoms with Gasteiger partial charge in [-0.3, -0.25) is 19.7 Å². The Bertz CT molecular complexity index is 542. The summed E-state index contributed by atoms with van der Waals surface area (Å²) in [6.07, 6.45) is 0.0401. The van der Waals surface area contributed by atoms with Gasteiger partial charge in [0.25, 0.3) is 11.6 Å². The number of nitro benzene ring substituents is 1. The summed E-state index contributed by atoms with van der Waals surface area (Å²) in [4.78, 5) is 35.0. The fourth-order valence-electron chi connectivity index (χ4n) is 1.74. The Morgan fingerprint density at radius 3 is 2.60 bits per heavy atom. The van der Waals surface area contributed by atoms with Gasteiger partial charge in [-0.2, -0.15) is 0 Å². The van der Waals surface area contributed by atoms with Gasteiger partial charge in [0.05, 0.1) is 18.5 Å². The van der Waals surface area contributed by atoms with Gasteiger partial charge in [-0.05, 0) is 12.5 Å². The van der Waals surface area contributed by atoms with E-state index >= 15 is 0 Å². The van der Waals surface area contributed by atoms with Gasteiger partial charge in [0, 0.05) is 19.7 Å². The van der Waals surface area contributed by atoms with Crippen LogP contribution in [0.25, 0.3) is 0 Å². The van der Waals surface area contributed by atoms with E-state index in [0.717, 1.165) is 0 Å². The standard InChI is InChI=1S/C13H16N2O5/c1-9-5-4-6-10(15(18)19)12(9)13(17)14(2)8-7-11(16)20-3/h4-6H,7-8H2,1-3H3. The van der Waals surface area contributed by atoms with Crippen molar-refractivity contribution in [2.75, 3.05) is 20.7 Å². The largest absolute Gasteiger partial charge is 0.469 e. The van der Waals surface area contributed by atoms with E-state index in [2.05, 4.69) is 4.74 Å². The van der Waals surface area contributed by atoms with Crippen molar-refractivity contribution in [3.63, 3.8) is 0 Å². The first-order valence-electron chi connectivity index (χ1n) is 5.94. The number of hydrogen-bond donors (Lipinski definition) is 0. The Labute approximate surface area is 116 Å². The Balaban J connectivity index is 2.97. The molecule has 0 aromatic heterocycles. The SMILES string of the molecule is COC(=O)CCN(C)C(=O)c1c(C)cccc1[N+](=O)[O-]. The van der Waals surface area contributed by atoms with Crippen molar-refractivity contribution in [3.8, 4) is 0 Å². The molecule has 0 unspecified atom stereocenters. The quantitative estimate of drug-likeness (QED) is 0.463. The van der Waals surface area contributed by atoms with Gasteiger partial charge >= 0.3 is 5.97 Å². The molecule has 0 bridgehead atoms. The molecule has 1 amide bonds. The van der Waals surface area contributed by atoms with Crippen molar-refractivity contribution in [2.24, 2.45) is 0 Å². The second kappa shape index (κ2) is 6.65. The van der Waals surface area contributed by atoms with E-state index in [1.807, 2.05) is 0 Å². The van der Waals surface area contributed by atoms with E-state index in [9.17, 15) is 19.7 Å². The molecule has 0 radical (unpaired) electrons. The van der Waals surface area contributed by atoms with Crippen LogP contribution in [0.15, 0.2) is 18.2 Å². The predicted octanol–water partition coefficient (Wildman–Crippen LogP) is 1.54. The lowest BCUT2D eigenvalue weighted by Gasteiger charge is -2.17. The Hall–Kier alpha value is -2.44. The van der Waals surface area contributed by atoms with Crippen LogP contribution in [0.1, 0.15) is 22.3 Å². The highest BCUT2D eigenvalue weighted by Gasteiger charge is 2.24. The highest BCUT2D eigenvalue weighted by molar-refractivity contribution is 5.99. The number of carbonyl (C=O) groups excluding carboxylic acids is 2. The molecule has 1 aromatic rings. The summed E-state index contributed by atoms with van der Waals surface area (Å²) < 4.78 is 4.49. The van der Waals surface area contributed by atoms with Gasteiger partial charge in [0.15, 0.2) is 0 Å². The van der Waals surface area contributed by atoms with Crippen LogP contribution in [0, 0.1) is 17.0 Å². The third-order valence-electron chi connectivity index (χ3n) is 2.89. The average Bonchev–Trinajstić information content (AvgIpc) is 2.43. The van der Waals surface area contributed by atoms with Crippen LogP contribution in [0.3, 0.4) is 0 Å². The monoisotopic (exact) mass is 280 g/mol. The van der Waals surface area contributed by atoms with Crippen molar-refractivity contribution < 1.29 is 19.2 Å². The van der Waals surface area contributed by atoms with Crippen LogP contribution < -0.4 is 0 Å². The van der Waals surface area contributed by atoms with Gasteiger partial charge in [-0.25, -0.2) is 0 Å². The molecule has 20 heavy (non-hydrogen) atoms. The molecule has 1 rings (SSSR count). The number of rotatable bonds is 5. The third kappa shape index (κ3) is 3.53. The van der Waals surface area contributed by atoms with E-state index in [-0.39, 0.29) is 24.2 Å². The van der Waals surface area contributed by atoms with Crippen LogP contribution in [-0.2, 0) is 9.53 Å². The Morgan fingerprint density at radius 2 is 2.05 bits per heavy atom. The molecular weight excluding hydrogens is 264 g/mol. The van der Waals surface area contributed by atoms with Crippen LogP contribution in [0.2, 0.25) is 0 Å². The van der Waals surface area contributed by atoms with Crippen molar-refractivity contribution in [3.05, 3.63) is 39.4 Å². The second-order valence-corrected chi connectivity index (χ2v) is 4.28. The van der Waals surface area contributed by atoms with E-state index < -0.39 is 16.8 Å². The highest BCUT2D eigenvalue weighted by Crippen LogP contribution is 2.23. The lowest BCUT2D eigenvalue weighted by Crippen LogP contribution is -2.30. The zero-order valence-electron chi connectivity index (χ0n) is 11.6.